The normalized spacial score (nSPS) is 13.1. The summed E-state index contributed by atoms with van der Waals surface area (Å²) in [4.78, 5) is 36.2. The van der Waals surface area contributed by atoms with Crippen LogP contribution in [0.3, 0.4) is 0 Å². The number of carbonyl (C=O) groups excluding carboxylic acids is 2. The van der Waals surface area contributed by atoms with Gasteiger partial charge in [0.05, 0.1) is 12.6 Å². The molecule has 0 aliphatic carbocycles. The molecular weight excluding hydrogens is 358 g/mol. The Morgan fingerprint density at radius 3 is 2.35 bits per heavy atom. The molecule has 2 amide bonds. The fourth-order valence-corrected chi connectivity index (χ4v) is 2.61. The van der Waals surface area contributed by atoms with Crippen molar-refractivity contribution in [2.24, 2.45) is 0 Å². The summed E-state index contributed by atoms with van der Waals surface area (Å²) in [6, 6.07) is 6.20. The largest absolute Gasteiger partial charge is 0.480 e. The minimum atomic E-state index is -1.02. The number of carbonyl (C=O) groups is 3. The Morgan fingerprint density at radius 1 is 1.23 bits per heavy atom. The van der Waals surface area contributed by atoms with E-state index in [1.807, 2.05) is 19.1 Å². The number of nitrogens with zero attached hydrogens (tertiary/aromatic N) is 1. The third kappa shape index (κ3) is 7.41. The molecule has 144 valence electrons. The SMILES string of the molecule is CCC(NC(=O)CN(CCNC(C)=O)C(C)C(=O)O)c1ccc(Cl)cc1. The van der Waals surface area contributed by atoms with Gasteiger partial charge in [0.1, 0.15) is 6.04 Å². The minimum Gasteiger partial charge on any atom is -0.480 e. The van der Waals surface area contributed by atoms with Crippen LogP contribution in [-0.2, 0) is 14.4 Å². The summed E-state index contributed by atoms with van der Waals surface area (Å²) in [6.45, 7) is 5.31. The van der Waals surface area contributed by atoms with Gasteiger partial charge in [-0.1, -0.05) is 30.7 Å². The standard InChI is InChI=1S/C18H26ClN3O4/c1-4-16(14-5-7-15(19)8-6-14)21-17(24)11-22(12(2)18(25)26)10-9-20-13(3)23/h5-8,12,16H,4,9-11H2,1-3H3,(H,20,23)(H,21,24)(H,25,26). The van der Waals surface area contributed by atoms with Crippen molar-refractivity contribution in [2.75, 3.05) is 19.6 Å². The van der Waals surface area contributed by atoms with Crippen LogP contribution in [0.1, 0.15) is 38.8 Å². The van der Waals surface area contributed by atoms with E-state index in [2.05, 4.69) is 10.6 Å². The predicted octanol–water partition coefficient (Wildman–Crippen LogP) is 1.82. The van der Waals surface area contributed by atoms with Crippen LogP contribution in [0, 0.1) is 0 Å². The van der Waals surface area contributed by atoms with Crippen molar-refractivity contribution >= 4 is 29.4 Å². The van der Waals surface area contributed by atoms with Crippen LogP contribution >= 0.6 is 11.6 Å². The highest BCUT2D eigenvalue weighted by Gasteiger charge is 2.23. The van der Waals surface area contributed by atoms with Crippen LogP contribution < -0.4 is 10.6 Å². The van der Waals surface area contributed by atoms with Crippen LogP contribution in [0.5, 0.6) is 0 Å². The number of carboxylic acids is 1. The molecule has 0 aromatic heterocycles. The summed E-state index contributed by atoms with van der Waals surface area (Å²) in [7, 11) is 0. The molecule has 0 radical (unpaired) electrons. The molecule has 2 atom stereocenters. The van der Waals surface area contributed by atoms with Gasteiger partial charge in [0.2, 0.25) is 11.8 Å². The maximum Gasteiger partial charge on any atom is 0.320 e. The van der Waals surface area contributed by atoms with E-state index in [4.69, 9.17) is 11.6 Å². The number of rotatable bonds is 10. The van der Waals surface area contributed by atoms with Crippen LogP contribution in [-0.4, -0.2) is 53.5 Å². The minimum absolute atomic E-state index is 0.0723. The Balaban J connectivity index is 2.72. The van der Waals surface area contributed by atoms with Crippen molar-refractivity contribution < 1.29 is 19.5 Å². The topological polar surface area (TPSA) is 98.7 Å². The molecule has 0 saturated carbocycles. The first-order valence-electron chi connectivity index (χ1n) is 8.50. The van der Waals surface area contributed by atoms with E-state index < -0.39 is 12.0 Å². The highest BCUT2D eigenvalue weighted by molar-refractivity contribution is 6.30. The maximum absolute atomic E-state index is 12.4. The smallest absolute Gasteiger partial charge is 0.320 e. The fourth-order valence-electron chi connectivity index (χ4n) is 2.48. The molecule has 0 aliphatic heterocycles. The van der Waals surface area contributed by atoms with Gasteiger partial charge in [0.25, 0.3) is 0 Å². The van der Waals surface area contributed by atoms with Crippen molar-refractivity contribution in [2.45, 2.75) is 39.3 Å². The van der Waals surface area contributed by atoms with Gasteiger partial charge < -0.3 is 15.7 Å². The second kappa shape index (κ2) is 10.8. The molecule has 0 saturated heterocycles. The third-order valence-corrected chi connectivity index (χ3v) is 4.29. The molecule has 8 heteroatoms. The molecule has 0 aliphatic rings. The molecule has 0 fully saturated rings. The van der Waals surface area contributed by atoms with Gasteiger partial charge in [-0.2, -0.15) is 0 Å². The number of hydrogen-bond donors (Lipinski definition) is 3. The molecule has 1 aromatic rings. The van der Waals surface area contributed by atoms with E-state index >= 15 is 0 Å². The lowest BCUT2D eigenvalue weighted by Crippen LogP contribution is -2.48. The zero-order chi connectivity index (χ0) is 19.7. The van der Waals surface area contributed by atoms with Gasteiger partial charge >= 0.3 is 5.97 Å². The summed E-state index contributed by atoms with van der Waals surface area (Å²) in [6.07, 6.45) is 0.688. The van der Waals surface area contributed by atoms with E-state index in [-0.39, 0.29) is 37.5 Å². The van der Waals surface area contributed by atoms with Crippen LogP contribution in [0.2, 0.25) is 5.02 Å². The monoisotopic (exact) mass is 383 g/mol. The molecule has 7 nitrogen and oxygen atoms in total. The van der Waals surface area contributed by atoms with Gasteiger partial charge in [-0.15, -0.1) is 0 Å². The lowest BCUT2D eigenvalue weighted by atomic mass is 10.0. The van der Waals surface area contributed by atoms with Crippen molar-refractivity contribution in [3.05, 3.63) is 34.9 Å². The lowest BCUT2D eigenvalue weighted by Gasteiger charge is -2.27. The molecule has 26 heavy (non-hydrogen) atoms. The second-order valence-corrected chi connectivity index (χ2v) is 6.48. The van der Waals surface area contributed by atoms with Crippen molar-refractivity contribution in [3.63, 3.8) is 0 Å². The highest BCUT2D eigenvalue weighted by Crippen LogP contribution is 2.19. The average molecular weight is 384 g/mol. The maximum atomic E-state index is 12.4. The number of halogens is 1. The van der Waals surface area contributed by atoms with E-state index in [1.165, 1.54) is 18.7 Å². The Kier molecular flexibility index (Phi) is 9.09. The number of benzene rings is 1. The summed E-state index contributed by atoms with van der Waals surface area (Å²) < 4.78 is 0. The molecule has 1 aromatic carbocycles. The molecule has 1 rings (SSSR count). The van der Waals surface area contributed by atoms with Gasteiger partial charge in [-0.05, 0) is 31.0 Å². The van der Waals surface area contributed by atoms with Crippen molar-refractivity contribution in [1.29, 1.82) is 0 Å². The molecule has 0 bridgehead atoms. The quantitative estimate of drug-likeness (QED) is 0.572. The van der Waals surface area contributed by atoms with Crippen molar-refractivity contribution in [3.8, 4) is 0 Å². The van der Waals surface area contributed by atoms with Gasteiger partial charge in [0, 0.05) is 25.0 Å². The lowest BCUT2D eigenvalue weighted by molar-refractivity contribution is -0.143. The van der Waals surface area contributed by atoms with Gasteiger partial charge in [-0.3, -0.25) is 19.3 Å². The molecule has 3 N–H and O–H groups in total. The van der Waals surface area contributed by atoms with Gasteiger partial charge in [0.15, 0.2) is 0 Å². The van der Waals surface area contributed by atoms with E-state index in [9.17, 15) is 19.5 Å². The number of nitrogens with one attached hydrogen (secondary N) is 2. The number of amides is 2. The highest BCUT2D eigenvalue weighted by atomic mass is 35.5. The Bertz CT molecular complexity index is 621. The summed E-state index contributed by atoms with van der Waals surface area (Å²) in [5.41, 5.74) is 0.932. The van der Waals surface area contributed by atoms with E-state index in [1.54, 1.807) is 12.1 Å². The average Bonchev–Trinajstić information content (AvgIpc) is 2.58. The first-order valence-corrected chi connectivity index (χ1v) is 8.88. The predicted molar refractivity (Wildman–Crippen MR) is 100.0 cm³/mol. The fraction of sp³-hybridized carbons (Fsp3) is 0.500. The number of carboxylic acid groups (broad SMARTS) is 1. The zero-order valence-electron chi connectivity index (χ0n) is 15.3. The van der Waals surface area contributed by atoms with Crippen LogP contribution in [0.4, 0.5) is 0 Å². The molecule has 0 heterocycles. The second-order valence-electron chi connectivity index (χ2n) is 6.05. The third-order valence-electron chi connectivity index (χ3n) is 4.04. The zero-order valence-corrected chi connectivity index (χ0v) is 16.0. The van der Waals surface area contributed by atoms with E-state index in [0.717, 1.165) is 5.56 Å². The first-order chi connectivity index (χ1) is 12.2. The van der Waals surface area contributed by atoms with Crippen LogP contribution in [0.15, 0.2) is 24.3 Å². The molecule has 0 spiro atoms. The molecular formula is C18H26ClN3O4. The van der Waals surface area contributed by atoms with Crippen LogP contribution in [0.25, 0.3) is 0 Å². The van der Waals surface area contributed by atoms with Crippen molar-refractivity contribution in [1.82, 2.24) is 15.5 Å². The number of aliphatic carboxylic acids is 1. The van der Waals surface area contributed by atoms with Gasteiger partial charge in [-0.25, -0.2) is 0 Å². The number of hydrogen-bond acceptors (Lipinski definition) is 4. The Hall–Kier alpha value is -2.12. The molecule has 2 unspecified atom stereocenters. The summed E-state index contributed by atoms with van der Waals surface area (Å²) in [5, 5.41) is 15.4. The summed E-state index contributed by atoms with van der Waals surface area (Å²) >= 11 is 5.89. The first kappa shape index (κ1) is 21.9. The Morgan fingerprint density at radius 2 is 1.85 bits per heavy atom. The van der Waals surface area contributed by atoms with E-state index in [0.29, 0.717) is 11.4 Å². The summed E-state index contributed by atoms with van der Waals surface area (Å²) in [5.74, 6) is -1.50. The Labute approximate surface area is 158 Å².